The van der Waals surface area contributed by atoms with E-state index in [0.717, 1.165) is 11.1 Å². The first-order chi connectivity index (χ1) is 11.6. The molecule has 0 aliphatic heterocycles. The molecule has 2 rings (SSSR count). The predicted octanol–water partition coefficient (Wildman–Crippen LogP) is 2.76. The standard InChI is InChI=1S/C18H21FN2O3/c1-13(21-18(23)20-10-11-22)15-4-8-17(9-5-15)24-12-14-2-6-16(19)7-3-14/h2-9,13,22H,10-12H2,1H3,(H2,20,21,23)/t13-/m1/s1. The van der Waals surface area contributed by atoms with Crippen molar-refractivity contribution >= 4 is 6.03 Å². The molecule has 0 aliphatic rings. The quantitative estimate of drug-likeness (QED) is 0.730. The van der Waals surface area contributed by atoms with Crippen LogP contribution in [0.25, 0.3) is 0 Å². The second kappa shape index (κ2) is 8.88. The topological polar surface area (TPSA) is 70.6 Å². The Bertz CT molecular complexity index is 644. The van der Waals surface area contributed by atoms with Gasteiger partial charge in [-0.15, -0.1) is 0 Å². The Morgan fingerprint density at radius 1 is 1.17 bits per heavy atom. The smallest absolute Gasteiger partial charge is 0.315 e. The minimum absolute atomic E-state index is 0.0953. The third-order valence-electron chi connectivity index (χ3n) is 3.44. The van der Waals surface area contributed by atoms with Crippen molar-refractivity contribution in [2.45, 2.75) is 19.6 Å². The highest BCUT2D eigenvalue weighted by atomic mass is 19.1. The van der Waals surface area contributed by atoms with Crippen LogP contribution in [-0.4, -0.2) is 24.3 Å². The van der Waals surface area contributed by atoms with E-state index in [1.807, 2.05) is 31.2 Å². The third kappa shape index (κ3) is 5.55. The van der Waals surface area contributed by atoms with Gasteiger partial charge < -0.3 is 20.5 Å². The van der Waals surface area contributed by atoms with Gasteiger partial charge in [-0.1, -0.05) is 24.3 Å². The summed E-state index contributed by atoms with van der Waals surface area (Å²) in [6.07, 6.45) is 0. The lowest BCUT2D eigenvalue weighted by Gasteiger charge is -2.15. The molecule has 0 saturated heterocycles. The van der Waals surface area contributed by atoms with Crippen molar-refractivity contribution in [1.29, 1.82) is 0 Å². The van der Waals surface area contributed by atoms with Crippen molar-refractivity contribution < 1.29 is 19.0 Å². The molecule has 1 atom stereocenters. The van der Waals surface area contributed by atoms with Crippen molar-refractivity contribution in [2.24, 2.45) is 0 Å². The van der Waals surface area contributed by atoms with E-state index in [-0.39, 0.29) is 31.0 Å². The SMILES string of the molecule is C[C@@H](NC(=O)NCCO)c1ccc(OCc2ccc(F)cc2)cc1. The van der Waals surface area contributed by atoms with Crippen LogP contribution >= 0.6 is 0 Å². The molecule has 2 amide bonds. The summed E-state index contributed by atoms with van der Waals surface area (Å²) in [7, 11) is 0. The summed E-state index contributed by atoms with van der Waals surface area (Å²) >= 11 is 0. The normalized spacial score (nSPS) is 11.6. The first kappa shape index (κ1) is 17.7. The molecule has 0 fully saturated rings. The van der Waals surface area contributed by atoms with Gasteiger partial charge in [0.1, 0.15) is 18.2 Å². The van der Waals surface area contributed by atoms with Crippen LogP contribution in [0.15, 0.2) is 48.5 Å². The summed E-state index contributed by atoms with van der Waals surface area (Å²) < 4.78 is 18.5. The van der Waals surface area contributed by atoms with Gasteiger partial charge in [-0.3, -0.25) is 0 Å². The molecule has 0 bridgehead atoms. The number of aliphatic hydroxyl groups is 1. The second-order valence-corrected chi connectivity index (χ2v) is 5.33. The molecular formula is C18H21FN2O3. The number of ether oxygens (including phenoxy) is 1. The number of amides is 2. The number of hydrogen-bond acceptors (Lipinski definition) is 3. The minimum atomic E-state index is -0.326. The van der Waals surface area contributed by atoms with Crippen LogP contribution in [0.2, 0.25) is 0 Å². The van der Waals surface area contributed by atoms with Crippen LogP contribution in [0.3, 0.4) is 0 Å². The predicted molar refractivity (Wildman–Crippen MR) is 89.2 cm³/mol. The van der Waals surface area contributed by atoms with E-state index in [9.17, 15) is 9.18 Å². The van der Waals surface area contributed by atoms with Crippen LogP contribution < -0.4 is 15.4 Å². The summed E-state index contributed by atoms with van der Waals surface area (Å²) in [5, 5.41) is 14.0. The maximum atomic E-state index is 12.8. The number of benzene rings is 2. The average molecular weight is 332 g/mol. The molecule has 0 radical (unpaired) electrons. The lowest BCUT2D eigenvalue weighted by atomic mass is 10.1. The Morgan fingerprint density at radius 3 is 2.46 bits per heavy atom. The highest BCUT2D eigenvalue weighted by Crippen LogP contribution is 2.18. The van der Waals surface area contributed by atoms with Crippen molar-refractivity contribution in [3.05, 3.63) is 65.5 Å². The van der Waals surface area contributed by atoms with Gasteiger partial charge in [0.2, 0.25) is 0 Å². The zero-order chi connectivity index (χ0) is 17.4. The van der Waals surface area contributed by atoms with E-state index in [2.05, 4.69) is 10.6 Å². The molecule has 3 N–H and O–H groups in total. The van der Waals surface area contributed by atoms with Gasteiger partial charge in [0.15, 0.2) is 0 Å². The van der Waals surface area contributed by atoms with Crippen molar-refractivity contribution in [2.75, 3.05) is 13.2 Å². The molecule has 0 saturated carbocycles. The van der Waals surface area contributed by atoms with E-state index >= 15 is 0 Å². The largest absolute Gasteiger partial charge is 0.489 e. The summed E-state index contributed by atoms with van der Waals surface area (Å²) in [5.41, 5.74) is 1.82. The number of carbonyl (C=O) groups is 1. The van der Waals surface area contributed by atoms with Crippen molar-refractivity contribution in [3.63, 3.8) is 0 Å². The fourth-order valence-electron chi connectivity index (χ4n) is 2.10. The molecule has 0 heterocycles. The Hall–Kier alpha value is -2.60. The first-order valence-electron chi connectivity index (χ1n) is 7.71. The number of halogens is 1. The van der Waals surface area contributed by atoms with E-state index in [1.54, 1.807) is 12.1 Å². The highest BCUT2D eigenvalue weighted by molar-refractivity contribution is 5.74. The zero-order valence-corrected chi connectivity index (χ0v) is 13.5. The van der Waals surface area contributed by atoms with Gasteiger partial charge in [0, 0.05) is 6.54 Å². The fourth-order valence-corrected chi connectivity index (χ4v) is 2.10. The molecule has 128 valence electrons. The summed E-state index contributed by atoms with van der Waals surface area (Å²) in [6.45, 7) is 2.35. The van der Waals surface area contributed by atoms with E-state index in [1.165, 1.54) is 12.1 Å². The number of aliphatic hydroxyl groups excluding tert-OH is 1. The molecule has 2 aromatic rings. The van der Waals surface area contributed by atoms with Gasteiger partial charge in [-0.25, -0.2) is 9.18 Å². The van der Waals surface area contributed by atoms with Crippen LogP contribution in [0.1, 0.15) is 24.1 Å². The van der Waals surface area contributed by atoms with Crippen LogP contribution in [0.5, 0.6) is 5.75 Å². The second-order valence-electron chi connectivity index (χ2n) is 5.33. The van der Waals surface area contributed by atoms with Crippen LogP contribution in [0, 0.1) is 5.82 Å². The Labute approximate surface area is 140 Å². The van der Waals surface area contributed by atoms with Crippen molar-refractivity contribution in [3.8, 4) is 5.75 Å². The number of carbonyl (C=O) groups excluding carboxylic acids is 1. The lowest BCUT2D eigenvalue weighted by molar-refractivity contribution is 0.231. The molecule has 5 nitrogen and oxygen atoms in total. The van der Waals surface area contributed by atoms with Gasteiger partial charge >= 0.3 is 6.03 Å². The molecule has 0 spiro atoms. The first-order valence-corrected chi connectivity index (χ1v) is 7.71. The summed E-state index contributed by atoms with van der Waals surface area (Å²) in [6, 6.07) is 13.1. The van der Waals surface area contributed by atoms with E-state index in [4.69, 9.17) is 9.84 Å². The van der Waals surface area contributed by atoms with Gasteiger partial charge in [-0.05, 0) is 42.3 Å². The maximum absolute atomic E-state index is 12.8. The zero-order valence-electron chi connectivity index (χ0n) is 13.5. The average Bonchev–Trinajstić information content (AvgIpc) is 2.60. The molecule has 2 aromatic carbocycles. The van der Waals surface area contributed by atoms with Gasteiger partial charge in [0.05, 0.1) is 12.6 Å². The molecule has 24 heavy (non-hydrogen) atoms. The van der Waals surface area contributed by atoms with Crippen molar-refractivity contribution in [1.82, 2.24) is 10.6 Å². The Balaban J connectivity index is 1.85. The number of urea groups is 1. The Kier molecular flexibility index (Phi) is 6.57. The van der Waals surface area contributed by atoms with Gasteiger partial charge in [-0.2, -0.15) is 0 Å². The molecular weight excluding hydrogens is 311 g/mol. The summed E-state index contributed by atoms with van der Waals surface area (Å²) in [4.78, 5) is 11.6. The van der Waals surface area contributed by atoms with E-state index < -0.39 is 0 Å². The number of hydrogen-bond donors (Lipinski definition) is 3. The highest BCUT2D eigenvalue weighted by Gasteiger charge is 2.09. The fraction of sp³-hybridized carbons (Fsp3) is 0.278. The monoisotopic (exact) mass is 332 g/mol. The molecule has 0 aliphatic carbocycles. The van der Waals surface area contributed by atoms with Gasteiger partial charge in [0.25, 0.3) is 0 Å². The molecule has 0 unspecified atom stereocenters. The number of nitrogens with one attached hydrogen (secondary N) is 2. The summed E-state index contributed by atoms with van der Waals surface area (Å²) in [5.74, 6) is 0.424. The lowest BCUT2D eigenvalue weighted by Crippen LogP contribution is -2.38. The molecule has 6 heteroatoms. The Morgan fingerprint density at radius 2 is 1.83 bits per heavy atom. The van der Waals surface area contributed by atoms with E-state index in [0.29, 0.717) is 12.4 Å². The third-order valence-corrected chi connectivity index (χ3v) is 3.44. The number of rotatable bonds is 7. The maximum Gasteiger partial charge on any atom is 0.315 e. The minimum Gasteiger partial charge on any atom is -0.489 e. The van der Waals surface area contributed by atoms with Crippen LogP contribution in [0.4, 0.5) is 9.18 Å². The van der Waals surface area contributed by atoms with Crippen LogP contribution in [-0.2, 0) is 6.61 Å². The molecule has 0 aromatic heterocycles.